The van der Waals surface area contributed by atoms with Crippen molar-refractivity contribution in [2.75, 3.05) is 6.54 Å². The van der Waals surface area contributed by atoms with Gasteiger partial charge in [-0.05, 0) is 55.8 Å². The molecule has 3 aromatic rings. The molecule has 2 fully saturated rings. The van der Waals surface area contributed by atoms with Gasteiger partial charge in [-0.1, -0.05) is 12.5 Å². The van der Waals surface area contributed by atoms with Crippen LogP contribution in [0.3, 0.4) is 0 Å². The Morgan fingerprint density at radius 3 is 2.83 bits per heavy atom. The Labute approximate surface area is 140 Å². The Balaban J connectivity index is 1.52. The van der Waals surface area contributed by atoms with Crippen molar-refractivity contribution in [2.24, 2.45) is 0 Å². The van der Waals surface area contributed by atoms with Crippen LogP contribution < -0.4 is 0 Å². The lowest BCUT2D eigenvalue weighted by atomic mass is 9.90. The topological polar surface area (TPSA) is 20.5 Å². The van der Waals surface area contributed by atoms with Crippen molar-refractivity contribution in [3.63, 3.8) is 0 Å². The number of imidazole rings is 1. The van der Waals surface area contributed by atoms with Gasteiger partial charge in [0.05, 0.1) is 23.6 Å². The van der Waals surface area contributed by atoms with E-state index in [1.54, 1.807) is 11.3 Å². The summed E-state index contributed by atoms with van der Waals surface area (Å²) in [4.78, 5) is 8.86. The van der Waals surface area contributed by atoms with Crippen LogP contribution in [0.1, 0.15) is 43.8 Å². The minimum absolute atomic E-state index is 0.526. The summed E-state index contributed by atoms with van der Waals surface area (Å²) in [6, 6.07) is 10.1. The highest BCUT2D eigenvalue weighted by Crippen LogP contribution is 2.40. The zero-order valence-corrected chi connectivity index (χ0v) is 14.0. The van der Waals surface area contributed by atoms with E-state index in [0.717, 1.165) is 6.04 Å². The maximum atomic E-state index is 4.82. The van der Waals surface area contributed by atoms with Gasteiger partial charge in [-0.25, -0.2) is 4.98 Å². The molecule has 3 aromatic heterocycles. The summed E-state index contributed by atoms with van der Waals surface area (Å²) < 4.78 is 2.21. The lowest BCUT2D eigenvalue weighted by molar-refractivity contribution is 0.113. The largest absolute Gasteiger partial charge is 0.305 e. The van der Waals surface area contributed by atoms with E-state index >= 15 is 0 Å². The molecule has 0 amide bonds. The fourth-order valence-electron chi connectivity index (χ4n) is 4.10. The van der Waals surface area contributed by atoms with E-state index in [-0.39, 0.29) is 0 Å². The summed E-state index contributed by atoms with van der Waals surface area (Å²) in [5.41, 5.74) is 3.84. The van der Waals surface area contributed by atoms with Crippen molar-refractivity contribution in [1.29, 1.82) is 0 Å². The maximum absolute atomic E-state index is 4.82. The molecule has 0 bridgehead atoms. The van der Waals surface area contributed by atoms with Gasteiger partial charge in [0.1, 0.15) is 0 Å². The zero-order valence-electron chi connectivity index (χ0n) is 13.2. The number of rotatable bonds is 3. The molecule has 1 saturated carbocycles. The first-order valence-corrected chi connectivity index (χ1v) is 9.54. The summed E-state index contributed by atoms with van der Waals surface area (Å²) in [5, 5.41) is 2.13. The molecule has 4 heteroatoms. The van der Waals surface area contributed by atoms with Crippen molar-refractivity contribution in [1.82, 2.24) is 14.3 Å². The summed E-state index contributed by atoms with van der Waals surface area (Å²) in [5.74, 6) is 0. The van der Waals surface area contributed by atoms with Gasteiger partial charge in [0.25, 0.3) is 0 Å². The van der Waals surface area contributed by atoms with Crippen LogP contribution in [0.5, 0.6) is 0 Å². The third-order valence-corrected chi connectivity index (χ3v) is 6.44. The van der Waals surface area contributed by atoms with Crippen LogP contribution in [0.25, 0.3) is 16.0 Å². The monoisotopic (exact) mass is 323 g/mol. The fraction of sp³-hybridized carbons (Fsp3) is 0.421. The number of hydrogen-bond acceptors (Lipinski definition) is 3. The van der Waals surface area contributed by atoms with E-state index in [1.807, 2.05) is 6.33 Å². The van der Waals surface area contributed by atoms with Crippen LogP contribution in [-0.2, 0) is 0 Å². The zero-order chi connectivity index (χ0) is 15.2. The molecule has 118 valence electrons. The molecule has 1 atom stereocenters. The van der Waals surface area contributed by atoms with Gasteiger partial charge in [0.2, 0.25) is 0 Å². The molecular formula is C19H21N3S. The van der Waals surface area contributed by atoms with Crippen molar-refractivity contribution in [2.45, 2.75) is 44.2 Å². The molecule has 1 unspecified atom stereocenters. The van der Waals surface area contributed by atoms with Gasteiger partial charge < -0.3 is 4.40 Å². The lowest BCUT2D eigenvalue weighted by Crippen LogP contribution is -2.39. The summed E-state index contributed by atoms with van der Waals surface area (Å²) >= 11 is 1.79. The first-order valence-electron chi connectivity index (χ1n) is 8.66. The first-order chi connectivity index (χ1) is 11.4. The second kappa shape index (κ2) is 5.46. The van der Waals surface area contributed by atoms with E-state index in [2.05, 4.69) is 45.1 Å². The van der Waals surface area contributed by atoms with E-state index < -0.39 is 0 Å². The SMILES string of the molecule is c1csc(-c2ccc3c(C4CCCN4C4CCC4)ncn3c2)c1. The second-order valence-corrected chi connectivity index (χ2v) is 7.75. The molecule has 1 aliphatic carbocycles. The lowest BCUT2D eigenvalue weighted by Gasteiger charge is -2.38. The molecule has 0 N–H and O–H groups in total. The number of nitrogens with zero attached hydrogens (tertiary/aromatic N) is 3. The third kappa shape index (κ3) is 2.24. The number of fused-ring (bicyclic) bond motifs is 1. The van der Waals surface area contributed by atoms with Crippen LogP contribution in [0.2, 0.25) is 0 Å². The Bertz CT molecular complexity index is 816. The molecule has 1 aliphatic heterocycles. The van der Waals surface area contributed by atoms with Crippen LogP contribution in [0, 0.1) is 0 Å². The van der Waals surface area contributed by atoms with Crippen molar-refractivity contribution in [3.05, 3.63) is 47.9 Å². The molecule has 5 rings (SSSR count). The maximum Gasteiger partial charge on any atom is 0.0996 e. The van der Waals surface area contributed by atoms with Gasteiger partial charge in [-0.3, -0.25) is 4.90 Å². The van der Waals surface area contributed by atoms with Gasteiger partial charge >= 0.3 is 0 Å². The molecule has 3 nitrogen and oxygen atoms in total. The number of thiophene rings is 1. The molecule has 4 heterocycles. The van der Waals surface area contributed by atoms with Gasteiger partial charge in [-0.2, -0.15) is 0 Å². The Morgan fingerprint density at radius 1 is 1.09 bits per heavy atom. The average Bonchev–Trinajstić information content (AvgIpc) is 3.25. The van der Waals surface area contributed by atoms with E-state index in [0.29, 0.717) is 6.04 Å². The van der Waals surface area contributed by atoms with Crippen LogP contribution >= 0.6 is 11.3 Å². The highest BCUT2D eigenvalue weighted by atomic mass is 32.1. The molecule has 1 saturated heterocycles. The summed E-state index contributed by atoms with van der Waals surface area (Å²) in [7, 11) is 0. The Morgan fingerprint density at radius 2 is 2.04 bits per heavy atom. The quantitative estimate of drug-likeness (QED) is 0.693. The number of aromatic nitrogens is 2. The van der Waals surface area contributed by atoms with E-state index in [9.17, 15) is 0 Å². The van der Waals surface area contributed by atoms with Gasteiger partial charge in [0, 0.05) is 22.7 Å². The predicted octanol–water partition coefficient (Wildman–Crippen LogP) is 4.75. The third-order valence-electron chi connectivity index (χ3n) is 5.52. The summed E-state index contributed by atoms with van der Waals surface area (Å²) in [6.45, 7) is 1.25. The minimum atomic E-state index is 0.526. The normalized spacial score (nSPS) is 22.7. The van der Waals surface area contributed by atoms with Crippen molar-refractivity contribution < 1.29 is 0 Å². The standard InChI is InChI=1S/C19H21N3S/c1-4-15(5-1)22-10-2-6-17(22)19-16-9-8-14(12-21(16)13-20-19)18-7-3-11-23-18/h3,7-9,11-13,15,17H,1-2,4-6,10H2. The highest BCUT2D eigenvalue weighted by molar-refractivity contribution is 7.13. The van der Waals surface area contributed by atoms with Crippen LogP contribution in [0.4, 0.5) is 0 Å². The van der Waals surface area contributed by atoms with Gasteiger partial charge in [0.15, 0.2) is 0 Å². The second-order valence-electron chi connectivity index (χ2n) is 6.80. The average molecular weight is 323 g/mol. The smallest absolute Gasteiger partial charge is 0.0996 e. The van der Waals surface area contributed by atoms with Crippen molar-refractivity contribution in [3.8, 4) is 10.4 Å². The molecule has 0 radical (unpaired) electrons. The molecule has 0 aromatic carbocycles. The van der Waals surface area contributed by atoms with Crippen LogP contribution in [-0.4, -0.2) is 26.9 Å². The minimum Gasteiger partial charge on any atom is -0.305 e. The molecular weight excluding hydrogens is 302 g/mol. The van der Waals surface area contributed by atoms with Crippen LogP contribution in [0.15, 0.2) is 42.2 Å². The number of pyridine rings is 1. The van der Waals surface area contributed by atoms with Crippen molar-refractivity contribution >= 4 is 16.9 Å². The molecule has 0 spiro atoms. The van der Waals surface area contributed by atoms with E-state index in [1.165, 1.54) is 60.3 Å². The van der Waals surface area contributed by atoms with E-state index in [4.69, 9.17) is 4.98 Å². The van der Waals surface area contributed by atoms with Gasteiger partial charge in [-0.15, -0.1) is 11.3 Å². The molecule has 23 heavy (non-hydrogen) atoms. The fourth-order valence-corrected chi connectivity index (χ4v) is 4.82. The first kappa shape index (κ1) is 13.8. The Hall–Kier alpha value is -1.65. The predicted molar refractivity (Wildman–Crippen MR) is 94.8 cm³/mol. The number of likely N-dealkylation sites (tertiary alicyclic amines) is 1. The summed E-state index contributed by atoms with van der Waals surface area (Å²) in [6.07, 6.45) is 11.0. The number of hydrogen-bond donors (Lipinski definition) is 0. The molecule has 2 aliphatic rings. The Kier molecular flexibility index (Phi) is 3.27. The highest BCUT2D eigenvalue weighted by Gasteiger charge is 2.36.